The number of ether oxygens (including phenoxy) is 6. The summed E-state index contributed by atoms with van der Waals surface area (Å²) in [7, 11) is 0. The Balaban J connectivity index is 1.64. The third kappa shape index (κ3) is 32.0. The minimum absolute atomic E-state index is 0.0679. The highest BCUT2D eigenvalue weighted by Crippen LogP contribution is 2.27. The van der Waals surface area contributed by atoms with Gasteiger partial charge in [-0.15, -0.1) is 0 Å². The summed E-state index contributed by atoms with van der Waals surface area (Å²) in [5, 5.41) is 72.2. The molecule has 71 heavy (non-hydrogen) atoms. The van der Waals surface area contributed by atoms with E-state index in [0.717, 1.165) is 38.5 Å². The Bertz CT molecular complexity index is 1230. The molecule has 0 saturated carbocycles. The van der Waals surface area contributed by atoms with Crippen LogP contribution in [0.25, 0.3) is 0 Å². The second-order valence-corrected chi connectivity index (χ2v) is 20.8. The maximum atomic E-state index is 13.0. The average Bonchev–Trinajstić information content (AvgIpc) is 3.37. The molecule has 0 bridgehead atoms. The molecule has 7 N–H and O–H groups in total. The topological polar surface area (TPSA) is 214 Å². The van der Waals surface area contributed by atoms with Gasteiger partial charge in [0.15, 0.2) is 12.6 Å². The number of aliphatic hydroxyl groups excluding tert-OH is 7. The lowest BCUT2D eigenvalue weighted by molar-refractivity contribution is -0.332. The van der Waals surface area contributed by atoms with E-state index < -0.39 is 80.7 Å². The van der Waals surface area contributed by atoms with Crippen LogP contribution in [0, 0.1) is 0 Å². The number of rotatable bonds is 48. The molecule has 2 rings (SSSR count). The molecule has 0 radical (unpaired) electrons. The Morgan fingerprint density at radius 3 is 1.28 bits per heavy atom. The quantitative estimate of drug-likeness (QED) is 0.0172. The number of allylic oxidation sites excluding steroid dienone is 2. The number of aliphatic hydroxyl groups is 7. The van der Waals surface area contributed by atoms with Gasteiger partial charge in [0.1, 0.15) is 54.9 Å². The summed E-state index contributed by atoms with van der Waals surface area (Å²) >= 11 is 0. The standard InChI is InChI=1S/C57H108O14/c1-3-5-7-9-11-13-15-16-17-18-19-20-21-22-23-24-25-26-27-28-29-31-33-35-37-39-41-66-43-46(69-49(59)40-38-36-34-32-30-14-12-10-8-6-4-2)44-67-56-55(65)53(63)51(61)48(71-56)45-68-57-54(64)52(62)50(60)47(42-58)70-57/h18-19,46-48,50-58,60-65H,3-17,20-45H2,1-2H3/b19-18-. The highest BCUT2D eigenvalue weighted by atomic mass is 16.7. The predicted octanol–water partition coefficient (Wildman–Crippen LogP) is 10.2. The van der Waals surface area contributed by atoms with Crippen molar-refractivity contribution in [2.24, 2.45) is 0 Å². The van der Waals surface area contributed by atoms with Crippen molar-refractivity contribution in [3.8, 4) is 0 Å². The average molecular weight is 1020 g/mol. The largest absolute Gasteiger partial charge is 0.457 e. The Hall–Kier alpha value is -1.27. The van der Waals surface area contributed by atoms with Crippen molar-refractivity contribution in [2.75, 3.05) is 33.0 Å². The van der Waals surface area contributed by atoms with Gasteiger partial charge in [-0.2, -0.15) is 0 Å². The molecule has 2 aliphatic heterocycles. The van der Waals surface area contributed by atoms with Crippen molar-refractivity contribution in [2.45, 2.75) is 313 Å². The van der Waals surface area contributed by atoms with Crippen LogP contribution in [-0.2, 0) is 33.2 Å². The van der Waals surface area contributed by atoms with Crippen LogP contribution in [0.3, 0.4) is 0 Å². The summed E-state index contributed by atoms with van der Waals surface area (Å²) in [6, 6.07) is 0. The van der Waals surface area contributed by atoms with Crippen LogP contribution in [0.1, 0.15) is 245 Å². The minimum Gasteiger partial charge on any atom is -0.457 e. The molecule has 0 aromatic heterocycles. The molecule has 11 atom stereocenters. The summed E-state index contributed by atoms with van der Waals surface area (Å²) in [4.78, 5) is 13.0. The fourth-order valence-corrected chi connectivity index (χ4v) is 9.52. The molecule has 0 spiro atoms. The molecule has 0 aliphatic carbocycles. The van der Waals surface area contributed by atoms with Crippen molar-refractivity contribution in [3.63, 3.8) is 0 Å². The maximum absolute atomic E-state index is 13.0. The Kier molecular flexibility index (Phi) is 41.7. The second-order valence-electron chi connectivity index (χ2n) is 20.8. The van der Waals surface area contributed by atoms with E-state index in [4.69, 9.17) is 28.4 Å². The SMILES string of the molecule is CCCCCCCCCC/C=C\CCCCCCCCCCCCCCCCOCC(COC1OC(COC2OC(CO)C(O)C(O)C2O)C(O)C(O)C1O)OC(=O)CCCCCCCCCCCCC. The van der Waals surface area contributed by atoms with Crippen LogP contribution in [0.2, 0.25) is 0 Å². The highest BCUT2D eigenvalue weighted by molar-refractivity contribution is 5.69. The molecule has 2 heterocycles. The van der Waals surface area contributed by atoms with E-state index in [1.807, 2.05) is 0 Å². The molecule has 420 valence electrons. The van der Waals surface area contributed by atoms with Crippen molar-refractivity contribution in [1.82, 2.24) is 0 Å². The lowest BCUT2D eigenvalue weighted by atomic mass is 9.98. The number of hydrogen-bond donors (Lipinski definition) is 7. The Morgan fingerprint density at radius 2 is 0.831 bits per heavy atom. The van der Waals surface area contributed by atoms with E-state index in [1.54, 1.807) is 0 Å². The third-order valence-electron chi connectivity index (χ3n) is 14.3. The maximum Gasteiger partial charge on any atom is 0.306 e. The van der Waals surface area contributed by atoms with Gasteiger partial charge in [-0.1, -0.05) is 212 Å². The Labute approximate surface area is 431 Å². The summed E-state index contributed by atoms with van der Waals surface area (Å²) in [6.45, 7) is 3.72. The molecule has 2 aliphatic rings. The van der Waals surface area contributed by atoms with Crippen LogP contribution in [-0.4, -0.2) is 142 Å². The normalized spacial score (nSPS) is 25.3. The molecule has 0 aromatic carbocycles. The van der Waals surface area contributed by atoms with Crippen LogP contribution in [0.5, 0.6) is 0 Å². The van der Waals surface area contributed by atoms with Crippen LogP contribution >= 0.6 is 0 Å². The van der Waals surface area contributed by atoms with E-state index in [9.17, 15) is 40.5 Å². The summed E-state index contributed by atoms with van der Waals surface area (Å²) in [5.74, 6) is -0.373. The van der Waals surface area contributed by atoms with Crippen molar-refractivity contribution in [3.05, 3.63) is 12.2 Å². The lowest BCUT2D eigenvalue weighted by Gasteiger charge is -2.42. The van der Waals surface area contributed by atoms with Crippen LogP contribution in [0.15, 0.2) is 12.2 Å². The predicted molar refractivity (Wildman–Crippen MR) is 280 cm³/mol. The van der Waals surface area contributed by atoms with Gasteiger partial charge in [0.25, 0.3) is 0 Å². The third-order valence-corrected chi connectivity index (χ3v) is 14.3. The van der Waals surface area contributed by atoms with Gasteiger partial charge in [-0.05, 0) is 38.5 Å². The molecule has 0 amide bonds. The zero-order valence-electron chi connectivity index (χ0n) is 45.0. The molecule has 0 aromatic rings. The number of carbonyl (C=O) groups excluding carboxylic acids is 1. The molecule has 2 saturated heterocycles. The zero-order valence-corrected chi connectivity index (χ0v) is 45.0. The summed E-state index contributed by atoms with van der Waals surface area (Å²) < 4.78 is 34.3. The molecule has 2 fully saturated rings. The second kappa shape index (κ2) is 45.0. The smallest absolute Gasteiger partial charge is 0.306 e. The van der Waals surface area contributed by atoms with E-state index >= 15 is 0 Å². The van der Waals surface area contributed by atoms with E-state index in [-0.39, 0.29) is 25.6 Å². The molecule has 11 unspecified atom stereocenters. The number of esters is 1. The van der Waals surface area contributed by atoms with E-state index in [1.165, 1.54) is 180 Å². The van der Waals surface area contributed by atoms with E-state index in [0.29, 0.717) is 13.0 Å². The molecular formula is C57H108O14. The van der Waals surface area contributed by atoms with Crippen molar-refractivity contribution < 1.29 is 69.0 Å². The molecular weight excluding hydrogens is 909 g/mol. The first-order valence-electron chi connectivity index (χ1n) is 29.3. The van der Waals surface area contributed by atoms with Gasteiger partial charge >= 0.3 is 5.97 Å². The minimum atomic E-state index is -1.70. The Morgan fingerprint density at radius 1 is 0.451 bits per heavy atom. The summed E-state index contributed by atoms with van der Waals surface area (Å²) in [5.41, 5.74) is 0. The molecule has 14 nitrogen and oxygen atoms in total. The summed E-state index contributed by atoms with van der Waals surface area (Å²) in [6.07, 6.45) is 32.9. The molecule has 14 heteroatoms. The van der Waals surface area contributed by atoms with E-state index in [2.05, 4.69) is 26.0 Å². The van der Waals surface area contributed by atoms with Gasteiger partial charge in [0.05, 0.1) is 26.4 Å². The van der Waals surface area contributed by atoms with Crippen molar-refractivity contribution >= 4 is 5.97 Å². The number of carbonyl (C=O) groups is 1. The first-order chi connectivity index (χ1) is 34.6. The highest BCUT2D eigenvalue weighted by Gasteiger charge is 2.47. The number of hydrogen-bond acceptors (Lipinski definition) is 14. The van der Waals surface area contributed by atoms with Gasteiger partial charge in [0.2, 0.25) is 0 Å². The lowest BCUT2D eigenvalue weighted by Crippen LogP contribution is -2.61. The number of unbranched alkanes of at least 4 members (excludes halogenated alkanes) is 32. The first-order valence-corrected chi connectivity index (χ1v) is 29.3. The van der Waals surface area contributed by atoms with Gasteiger partial charge < -0.3 is 64.2 Å². The van der Waals surface area contributed by atoms with Crippen LogP contribution in [0.4, 0.5) is 0 Å². The fourth-order valence-electron chi connectivity index (χ4n) is 9.52. The van der Waals surface area contributed by atoms with Gasteiger partial charge in [-0.25, -0.2) is 0 Å². The first kappa shape index (κ1) is 65.8. The van der Waals surface area contributed by atoms with Crippen LogP contribution < -0.4 is 0 Å². The fraction of sp³-hybridized carbons (Fsp3) is 0.947. The monoisotopic (exact) mass is 1020 g/mol. The zero-order chi connectivity index (χ0) is 51.6. The van der Waals surface area contributed by atoms with Gasteiger partial charge in [0, 0.05) is 13.0 Å². The van der Waals surface area contributed by atoms with Gasteiger partial charge in [-0.3, -0.25) is 4.79 Å². The van der Waals surface area contributed by atoms with Crippen molar-refractivity contribution in [1.29, 1.82) is 0 Å².